The van der Waals surface area contributed by atoms with Gasteiger partial charge in [-0.15, -0.1) is 0 Å². The molecule has 2 N–H and O–H groups in total. The minimum absolute atomic E-state index is 0.187. The predicted octanol–water partition coefficient (Wildman–Crippen LogP) is 1.15. The lowest BCUT2D eigenvalue weighted by atomic mass is 10.0. The molecule has 4 heteroatoms. The molecule has 0 saturated carbocycles. The number of benzene rings is 1. The molecule has 1 aromatic carbocycles. The Morgan fingerprint density at radius 2 is 2.07 bits per heavy atom. The number of nitrogens with zero attached hydrogens (tertiary/aromatic N) is 2. The van der Waals surface area contributed by atoms with E-state index in [-0.39, 0.29) is 5.91 Å². The van der Waals surface area contributed by atoms with Crippen LogP contribution in [0.5, 0.6) is 0 Å². The number of carbonyl (C=O) groups excluding carboxylic acids is 1. The van der Waals surface area contributed by atoms with E-state index in [0.29, 0.717) is 16.8 Å². The maximum absolute atomic E-state index is 11.7. The highest BCUT2D eigenvalue weighted by Crippen LogP contribution is 2.20. The Hall–Kier alpha value is -2.02. The van der Waals surface area contributed by atoms with E-state index in [9.17, 15) is 4.79 Å². The number of hydrogen-bond donors (Lipinski definition) is 1. The monoisotopic (exact) mass is 203 g/mol. The average molecular weight is 203 g/mol. The zero-order valence-corrected chi connectivity index (χ0v) is 9.03. The van der Waals surface area contributed by atoms with Gasteiger partial charge in [-0.05, 0) is 24.6 Å². The lowest BCUT2D eigenvalue weighted by molar-refractivity contribution is 0.0828. The first kappa shape index (κ1) is 11.1. The lowest BCUT2D eigenvalue weighted by Gasteiger charge is -2.13. The van der Waals surface area contributed by atoms with Crippen molar-refractivity contribution in [2.45, 2.75) is 6.92 Å². The zero-order chi connectivity index (χ0) is 11.6. The van der Waals surface area contributed by atoms with Crippen molar-refractivity contribution >= 4 is 11.6 Å². The first-order chi connectivity index (χ1) is 6.97. The predicted molar refractivity (Wildman–Crippen MR) is 58.3 cm³/mol. The Labute approximate surface area is 88.9 Å². The van der Waals surface area contributed by atoms with E-state index in [2.05, 4.69) is 0 Å². The summed E-state index contributed by atoms with van der Waals surface area (Å²) in [6, 6.07) is 5.19. The van der Waals surface area contributed by atoms with Crippen LogP contribution >= 0.6 is 0 Å². The SMILES string of the molecule is Cc1cc(C#N)cc(C(=O)N(C)C)c1N. The minimum Gasteiger partial charge on any atom is -0.398 e. The summed E-state index contributed by atoms with van der Waals surface area (Å²) in [5, 5.41) is 8.78. The lowest BCUT2D eigenvalue weighted by Crippen LogP contribution is -2.23. The number of amides is 1. The van der Waals surface area contributed by atoms with Crippen molar-refractivity contribution in [1.29, 1.82) is 5.26 Å². The van der Waals surface area contributed by atoms with E-state index in [1.54, 1.807) is 27.1 Å². The minimum atomic E-state index is -0.187. The molecule has 0 aliphatic rings. The van der Waals surface area contributed by atoms with Crippen molar-refractivity contribution in [3.05, 3.63) is 28.8 Å². The van der Waals surface area contributed by atoms with E-state index < -0.39 is 0 Å². The molecule has 0 aliphatic heterocycles. The fraction of sp³-hybridized carbons (Fsp3) is 0.273. The normalized spacial score (nSPS) is 9.47. The van der Waals surface area contributed by atoms with Gasteiger partial charge in [0.2, 0.25) is 0 Å². The number of carbonyl (C=O) groups is 1. The second kappa shape index (κ2) is 4.01. The summed E-state index contributed by atoms with van der Waals surface area (Å²) >= 11 is 0. The topological polar surface area (TPSA) is 70.1 Å². The highest BCUT2D eigenvalue weighted by molar-refractivity contribution is 5.99. The van der Waals surface area contributed by atoms with Gasteiger partial charge in [-0.1, -0.05) is 0 Å². The quantitative estimate of drug-likeness (QED) is 0.696. The molecule has 0 atom stereocenters. The van der Waals surface area contributed by atoms with Crippen LogP contribution in [0.25, 0.3) is 0 Å². The van der Waals surface area contributed by atoms with Gasteiger partial charge in [0.15, 0.2) is 0 Å². The van der Waals surface area contributed by atoms with Crippen LogP contribution in [0.3, 0.4) is 0 Å². The number of rotatable bonds is 1. The molecule has 1 amide bonds. The fourth-order valence-corrected chi connectivity index (χ4v) is 1.28. The van der Waals surface area contributed by atoms with Gasteiger partial charge in [-0.2, -0.15) is 5.26 Å². The third-order valence-corrected chi connectivity index (χ3v) is 2.15. The average Bonchev–Trinajstić information content (AvgIpc) is 2.20. The first-order valence-electron chi connectivity index (χ1n) is 4.49. The Balaban J connectivity index is 3.36. The van der Waals surface area contributed by atoms with Crippen LogP contribution in [0.4, 0.5) is 5.69 Å². The van der Waals surface area contributed by atoms with E-state index in [4.69, 9.17) is 11.0 Å². The summed E-state index contributed by atoms with van der Waals surface area (Å²) in [7, 11) is 3.30. The molecular weight excluding hydrogens is 190 g/mol. The van der Waals surface area contributed by atoms with E-state index >= 15 is 0 Å². The number of nitrogen functional groups attached to an aromatic ring is 1. The Bertz CT molecular complexity index is 444. The van der Waals surface area contributed by atoms with Crippen LogP contribution in [-0.2, 0) is 0 Å². The Morgan fingerprint density at radius 1 is 1.47 bits per heavy atom. The van der Waals surface area contributed by atoms with Gasteiger partial charge in [-0.3, -0.25) is 4.79 Å². The molecule has 0 bridgehead atoms. The summed E-state index contributed by atoms with van der Waals surface area (Å²) in [6.45, 7) is 1.78. The Kier molecular flexibility index (Phi) is 2.96. The molecule has 0 unspecified atom stereocenters. The van der Waals surface area contributed by atoms with Gasteiger partial charge in [0.1, 0.15) is 0 Å². The summed E-state index contributed by atoms with van der Waals surface area (Å²) in [6.07, 6.45) is 0. The van der Waals surface area contributed by atoms with Crippen molar-refractivity contribution in [2.24, 2.45) is 0 Å². The van der Waals surface area contributed by atoms with Crippen LogP contribution in [-0.4, -0.2) is 24.9 Å². The smallest absolute Gasteiger partial charge is 0.255 e. The van der Waals surface area contributed by atoms with Crippen molar-refractivity contribution < 1.29 is 4.79 Å². The standard InChI is InChI=1S/C11H13N3O/c1-7-4-8(6-12)5-9(10(7)13)11(15)14(2)3/h4-5H,13H2,1-3H3. The van der Waals surface area contributed by atoms with Crippen molar-refractivity contribution in [3.8, 4) is 6.07 Å². The van der Waals surface area contributed by atoms with Crippen LogP contribution < -0.4 is 5.73 Å². The molecule has 4 nitrogen and oxygen atoms in total. The highest BCUT2D eigenvalue weighted by Gasteiger charge is 2.14. The summed E-state index contributed by atoms with van der Waals surface area (Å²) < 4.78 is 0. The molecule has 0 fully saturated rings. The first-order valence-corrected chi connectivity index (χ1v) is 4.49. The molecule has 1 rings (SSSR count). The molecule has 0 aliphatic carbocycles. The van der Waals surface area contributed by atoms with Crippen LogP contribution in [0.15, 0.2) is 12.1 Å². The van der Waals surface area contributed by atoms with Crippen LogP contribution in [0.2, 0.25) is 0 Å². The highest BCUT2D eigenvalue weighted by atomic mass is 16.2. The number of nitrogens with two attached hydrogens (primary N) is 1. The van der Waals surface area contributed by atoms with Gasteiger partial charge >= 0.3 is 0 Å². The van der Waals surface area contributed by atoms with E-state index in [1.165, 1.54) is 11.0 Å². The summed E-state index contributed by atoms with van der Waals surface area (Å²) in [5.41, 5.74) is 7.81. The van der Waals surface area contributed by atoms with Crippen molar-refractivity contribution in [1.82, 2.24) is 4.90 Å². The second-order valence-corrected chi connectivity index (χ2v) is 3.57. The largest absolute Gasteiger partial charge is 0.398 e. The van der Waals surface area contributed by atoms with Gasteiger partial charge in [0.25, 0.3) is 5.91 Å². The van der Waals surface area contributed by atoms with E-state index in [0.717, 1.165) is 5.56 Å². The molecule has 0 radical (unpaired) electrons. The molecule has 15 heavy (non-hydrogen) atoms. The van der Waals surface area contributed by atoms with Crippen molar-refractivity contribution in [2.75, 3.05) is 19.8 Å². The fourth-order valence-electron chi connectivity index (χ4n) is 1.28. The van der Waals surface area contributed by atoms with Crippen molar-refractivity contribution in [3.63, 3.8) is 0 Å². The zero-order valence-electron chi connectivity index (χ0n) is 9.03. The second-order valence-electron chi connectivity index (χ2n) is 3.57. The van der Waals surface area contributed by atoms with Gasteiger partial charge < -0.3 is 10.6 Å². The third-order valence-electron chi connectivity index (χ3n) is 2.15. The third kappa shape index (κ3) is 2.08. The summed E-state index contributed by atoms with van der Waals surface area (Å²) in [4.78, 5) is 13.2. The molecule has 0 spiro atoms. The van der Waals surface area contributed by atoms with Gasteiger partial charge in [0.05, 0.1) is 17.2 Å². The number of aryl methyl sites for hydroxylation is 1. The molecule has 1 aromatic rings. The van der Waals surface area contributed by atoms with E-state index in [1.807, 2.05) is 6.07 Å². The maximum Gasteiger partial charge on any atom is 0.255 e. The van der Waals surface area contributed by atoms with Gasteiger partial charge in [0, 0.05) is 19.8 Å². The number of nitriles is 1. The molecule has 0 saturated heterocycles. The number of hydrogen-bond acceptors (Lipinski definition) is 3. The molecular formula is C11H13N3O. The number of anilines is 1. The van der Waals surface area contributed by atoms with Gasteiger partial charge in [-0.25, -0.2) is 0 Å². The Morgan fingerprint density at radius 3 is 2.53 bits per heavy atom. The molecule has 0 aromatic heterocycles. The summed E-state index contributed by atoms with van der Waals surface area (Å²) in [5.74, 6) is -0.187. The van der Waals surface area contributed by atoms with Crippen LogP contribution in [0.1, 0.15) is 21.5 Å². The molecule has 0 heterocycles. The van der Waals surface area contributed by atoms with Crippen LogP contribution in [0, 0.1) is 18.3 Å². The maximum atomic E-state index is 11.7. The molecule has 78 valence electrons.